The van der Waals surface area contributed by atoms with E-state index in [1.165, 1.54) is 6.42 Å². The highest BCUT2D eigenvalue weighted by atomic mass is 16.3. The van der Waals surface area contributed by atoms with Crippen molar-refractivity contribution in [2.75, 3.05) is 13.1 Å². The summed E-state index contributed by atoms with van der Waals surface area (Å²) >= 11 is 0. The maximum absolute atomic E-state index is 11.6. The van der Waals surface area contributed by atoms with E-state index in [4.69, 9.17) is 0 Å². The van der Waals surface area contributed by atoms with E-state index in [1.54, 1.807) is 4.90 Å². The molecule has 0 bridgehead atoms. The third-order valence-electron chi connectivity index (χ3n) is 2.64. The summed E-state index contributed by atoms with van der Waals surface area (Å²) in [4.78, 5) is 13.3. The van der Waals surface area contributed by atoms with Crippen LogP contribution in [-0.2, 0) is 4.79 Å². The fourth-order valence-electron chi connectivity index (χ4n) is 1.77. The van der Waals surface area contributed by atoms with Gasteiger partial charge in [-0.25, -0.2) is 0 Å². The predicted octanol–water partition coefficient (Wildman–Crippen LogP) is 1.02. The van der Waals surface area contributed by atoms with E-state index in [-0.39, 0.29) is 5.91 Å². The summed E-state index contributed by atoms with van der Waals surface area (Å²) in [5.74, 6) is 0.496. The first-order chi connectivity index (χ1) is 6.15. The summed E-state index contributed by atoms with van der Waals surface area (Å²) < 4.78 is 0. The van der Waals surface area contributed by atoms with E-state index in [2.05, 4.69) is 6.92 Å². The molecule has 3 nitrogen and oxygen atoms in total. The predicted molar refractivity (Wildman–Crippen MR) is 51.3 cm³/mol. The van der Waals surface area contributed by atoms with Crippen LogP contribution < -0.4 is 0 Å². The molecule has 2 unspecified atom stereocenters. The first kappa shape index (κ1) is 10.5. The lowest BCUT2D eigenvalue weighted by Gasteiger charge is -2.32. The molecule has 3 heteroatoms. The molecule has 1 aliphatic heterocycles. The van der Waals surface area contributed by atoms with Gasteiger partial charge in [-0.2, -0.15) is 0 Å². The van der Waals surface area contributed by atoms with E-state index >= 15 is 0 Å². The summed E-state index contributed by atoms with van der Waals surface area (Å²) in [6, 6.07) is 0. The van der Waals surface area contributed by atoms with Crippen LogP contribution in [0.1, 0.15) is 33.1 Å². The van der Waals surface area contributed by atoms with E-state index < -0.39 is 6.10 Å². The maximum Gasteiger partial charge on any atom is 0.251 e. The van der Waals surface area contributed by atoms with E-state index in [0.717, 1.165) is 19.5 Å². The zero-order valence-electron chi connectivity index (χ0n) is 8.49. The molecule has 1 heterocycles. The van der Waals surface area contributed by atoms with Gasteiger partial charge in [0.1, 0.15) is 6.10 Å². The molecule has 0 radical (unpaired) electrons. The second kappa shape index (κ2) is 4.61. The van der Waals surface area contributed by atoms with Crippen molar-refractivity contribution in [3.05, 3.63) is 0 Å². The number of hydrogen-bond acceptors (Lipinski definition) is 2. The number of carbonyl (C=O) groups is 1. The molecule has 76 valence electrons. The monoisotopic (exact) mass is 185 g/mol. The molecule has 1 N–H and O–H groups in total. The van der Waals surface area contributed by atoms with E-state index in [0.29, 0.717) is 12.3 Å². The fourth-order valence-corrected chi connectivity index (χ4v) is 1.77. The number of hydrogen-bond donors (Lipinski definition) is 1. The Morgan fingerprint density at radius 3 is 2.92 bits per heavy atom. The van der Waals surface area contributed by atoms with Crippen LogP contribution >= 0.6 is 0 Å². The molecule has 1 aliphatic rings. The van der Waals surface area contributed by atoms with Gasteiger partial charge in [0.25, 0.3) is 5.91 Å². The number of likely N-dealkylation sites (tertiary alicyclic amines) is 1. The number of nitrogens with zero attached hydrogens (tertiary/aromatic N) is 1. The van der Waals surface area contributed by atoms with Crippen LogP contribution in [0.15, 0.2) is 0 Å². The standard InChI is InChI=1S/C10H19NO2/c1-3-9(12)10(13)11-6-4-5-8(2)7-11/h8-9,12H,3-7H2,1-2H3. The van der Waals surface area contributed by atoms with Crippen molar-refractivity contribution >= 4 is 5.91 Å². The Bertz CT molecular complexity index is 182. The van der Waals surface area contributed by atoms with Gasteiger partial charge in [0.05, 0.1) is 0 Å². The molecule has 0 saturated carbocycles. The van der Waals surface area contributed by atoms with Crippen molar-refractivity contribution in [3.8, 4) is 0 Å². The number of aliphatic hydroxyl groups is 1. The highest BCUT2D eigenvalue weighted by Crippen LogP contribution is 2.16. The van der Waals surface area contributed by atoms with Crippen LogP contribution in [0.2, 0.25) is 0 Å². The van der Waals surface area contributed by atoms with E-state index in [9.17, 15) is 9.90 Å². The van der Waals surface area contributed by atoms with Crippen LogP contribution in [-0.4, -0.2) is 35.1 Å². The van der Waals surface area contributed by atoms with Crippen LogP contribution in [0.3, 0.4) is 0 Å². The lowest BCUT2D eigenvalue weighted by atomic mass is 10.00. The van der Waals surface area contributed by atoms with Crippen molar-refractivity contribution in [2.45, 2.75) is 39.2 Å². The van der Waals surface area contributed by atoms with Crippen LogP contribution in [0.5, 0.6) is 0 Å². The normalized spacial score (nSPS) is 25.8. The topological polar surface area (TPSA) is 40.5 Å². The number of aliphatic hydroxyl groups excluding tert-OH is 1. The van der Waals surface area contributed by atoms with Gasteiger partial charge in [0.2, 0.25) is 0 Å². The Kier molecular flexibility index (Phi) is 3.72. The molecule has 13 heavy (non-hydrogen) atoms. The van der Waals surface area contributed by atoms with Gasteiger partial charge in [0, 0.05) is 13.1 Å². The highest BCUT2D eigenvalue weighted by Gasteiger charge is 2.24. The molecule has 2 atom stereocenters. The van der Waals surface area contributed by atoms with Crippen molar-refractivity contribution in [2.24, 2.45) is 5.92 Å². The van der Waals surface area contributed by atoms with Crippen molar-refractivity contribution in [3.63, 3.8) is 0 Å². The first-order valence-electron chi connectivity index (χ1n) is 5.12. The summed E-state index contributed by atoms with van der Waals surface area (Å²) in [5.41, 5.74) is 0. The van der Waals surface area contributed by atoms with Crippen molar-refractivity contribution in [1.29, 1.82) is 0 Å². The average Bonchev–Trinajstić information content (AvgIpc) is 2.15. The van der Waals surface area contributed by atoms with Gasteiger partial charge in [0.15, 0.2) is 0 Å². The SMILES string of the molecule is CCC(O)C(=O)N1CCCC(C)C1. The summed E-state index contributed by atoms with van der Waals surface area (Å²) in [5, 5.41) is 9.37. The minimum Gasteiger partial charge on any atom is -0.383 e. The lowest BCUT2D eigenvalue weighted by Crippen LogP contribution is -2.44. The summed E-state index contributed by atoms with van der Waals surface area (Å²) in [6.45, 7) is 5.61. The second-order valence-corrected chi connectivity index (χ2v) is 3.96. The third-order valence-corrected chi connectivity index (χ3v) is 2.64. The molecule has 1 saturated heterocycles. The Hall–Kier alpha value is -0.570. The van der Waals surface area contributed by atoms with Gasteiger partial charge >= 0.3 is 0 Å². The van der Waals surface area contributed by atoms with Crippen LogP contribution in [0, 0.1) is 5.92 Å². The molecular formula is C10H19NO2. The Labute approximate surface area is 79.7 Å². The Morgan fingerprint density at radius 1 is 1.69 bits per heavy atom. The molecule has 1 amide bonds. The first-order valence-corrected chi connectivity index (χ1v) is 5.12. The minimum absolute atomic E-state index is 0.0888. The molecule has 1 fully saturated rings. The fraction of sp³-hybridized carbons (Fsp3) is 0.900. The lowest BCUT2D eigenvalue weighted by molar-refractivity contribution is -0.142. The maximum atomic E-state index is 11.6. The molecular weight excluding hydrogens is 166 g/mol. The zero-order chi connectivity index (χ0) is 9.84. The summed E-state index contributed by atoms with van der Waals surface area (Å²) in [7, 11) is 0. The largest absolute Gasteiger partial charge is 0.383 e. The Balaban J connectivity index is 2.46. The van der Waals surface area contributed by atoms with Gasteiger partial charge in [-0.1, -0.05) is 13.8 Å². The minimum atomic E-state index is -0.787. The van der Waals surface area contributed by atoms with Gasteiger partial charge in [-0.3, -0.25) is 4.79 Å². The molecule has 0 aromatic heterocycles. The number of carbonyl (C=O) groups excluding carboxylic acids is 1. The molecule has 1 rings (SSSR count). The summed E-state index contributed by atoms with van der Waals surface area (Å²) in [6.07, 6.45) is 2.00. The van der Waals surface area contributed by atoms with Gasteiger partial charge in [-0.15, -0.1) is 0 Å². The number of rotatable bonds is 2. The van der Waals surface area contributed by atoms with Crippen molar-refractivity contribution in [1.82, 2.24) is 4.90 Å². The van der Waals surface area contributed by atoms with Crippen molar-refractivity contribution < 1.29 is 9.90 Å². The third kappa shape index (κ3) is 2.69. The molecule has 0 spiro atoms. The quantitative estimate of drug-likeness (QED) is 0.697. The molecule has 0 aromatic rings. The second-order valence-electron chi connectivity index (χ2n) is 3.96. The molecule has 0 aromatic carbocycles. The van der Waals surface area contributed by atoms with Gasteiger partial charge in [-0.05, 0) is 25.2 Å². The zero-order valence-corrected chi connectivity index (χ0v) is 8.49. The van der Waals surface area contributed by atoms with E-state index in [1.807, 2.05) is 6.92 Å². The molecule has 0 aliphatic carbocycles. The smallest absolute Gasteiger partial charge is 0.251 e. The van der Waals surface area contributed by atoms with Crippen LogP contribution in [0.25, 0.3) is 0 Å². The van der Waals surface area contributed by atoms with Gasteiger partial charge < -0.3 is 10.0 Å². The number of amides is 1. The number of piperidine rings is 1. The Morgan fingerprint density at radius 2 is 2.38 bits per heavy atom. The highest BCUT2D eigenvalue weighted by molar-refractivity contribution is 5.80. The van der Waals surface area contributed by atoms with Crippen LogP contribution in [0.4, 0.5) is 0 Å². The average molecular weight is 185 g/mol.